The van der Waals surface area contributed by atoms with Crippen molar-refractivity contribution in [3.8, 4) is 5.75 Å². The van der Waals surface area contributed by atoms with E-state index < -0.39 is 24.6 Å². The van der Waals surface area contributed by atoms with Crippen LogP contribution in [0.2, 0.25) is 0 Å². The number of hydrogen-bond donors (Lipinski definition) is 3. The van der Waals surface area contributed by atoms with Crippen molar-refractivity contribution in [3.63, 3.8) is 0 Å². The van der Waals surface area contributed by atoms with Crippen LogP contribution in [0.1, 0.15) is 17.5 Å². The van der Waals surface area contributed by atoms with E-state index in [2.05, 4.69) is 0 Å². The van der Waals surface area contributed by atoms with E-state index in [1.165, 1.54) is 12.1 Å². The van der Waals surface area contributed by atoms with Gasteiger partial charge in [-0.2, -0.15) is 0 Å². The molecular weight excluding hydrogens is 387 g/mol. The third-order valence-electron chi connectivity index (χ3n) is 5.15. The Balaban J connectivity index is 1.68. The Kier molecular flexibility index (Phi) is 6.11. The number of halogens is 1. The molecule has 0 saturated carbocycles. The zero-order valence-electron chi connectivity index (χ0n) is 16.2. The summed E-state index contributed by atoms with van der Waals surface area (Å²) in [5.74, 6) is 0.157. The lowest BCUT2D eigenvalue weighted by Gasteiger charge is -2.36. The van der Waals surface area contributed by atoms with Gasteiger partial charge in [0.05, 0.1) is 18.8 Å². The van der Waals surface area contributed by atoms with Gasteiger partial charge in [0.25, 0.3) is 0 Å². The fraction of sp³-hybridized carbons (Fsp3) is 0.250. The first kappa shape index (κ1) is 20.5. The molecule has 1 fully saturated rings. The molecule has 4 rings (SSSR count). The lowest BCUT2D eigenvalue weighted by atomic mass is 10.0. The van der Waals surface area contributed by atoms with Crippen molar-refractivity contribution in [2.75, 3.05) is 6.61 Å². The summed E-state index contributed by atoms with van der Waals surface area (Å²) in [5.41, 5.74) is 1.55. The molecule has 1 heterocycles. The summed E-state index contributed by atoms with van der Waals surface area (Å²) in [4.78, 5) is 0. The molecular formula is C24H23FO5. The highest BCUT2D eigenvalue weighted by atomic mass is 19.1. The zero-order chi connectivity index (χ0) is 21.1. The molecule has 156 valence electrons. The second kappa shape index (κ2) is 8.93. The molecule has 3 aromatic carbocycles. The van der Waals surface area contributed by atoms with Gasteiger partial charge in [-0.05, 0) is 40.6 Å². The van der Waals surface area contributed by atoms with Crippen LogP contribution in [0.4, 0.5) is 4.39 Å². The predicted molar refractivity (Wildman–Crippen MR) is 112 cm³/mol. The minimum Gasteiger partial charge on any atom is -0.461 e. The minimum absolute atomic E-state index is 0.132. The standard InChI is InChI=1S/C24H23FO5/c25-19-9-6-15(7-10-19)5-8-18-11-16-3-1-2-4-17(16)12-22(18)30-24-23(28)21(27)13-20(14-26)29-24/h1-12,20-21,23-24,26-28H,13-14H2/b8-5+/t20?,21?,23-,24?/m1/s1. The van der Waals surface area contributed by atoms with E-state index in [4.69, 9.17) is 9.47 Å². The maximum absolute atomic E-state index is 13.2. The molecule has 4 atom stereocenters. The van der Waals surface area contributed by atoms with Crippen LogP contribution in [0.3, 0.4) is 0 Å². The van der Waals surface area contributed by atoms with Crippen LogP contribution in [0, 0.1) is 5.82 Å². The van der Waals surface area contributed by atoms with Gasteiger partial charge in [-0.15, -0.1) is 0 Å². The second-order valence-electron chi connectivity index (χ2n) is 7.34. The molecule has 30 heavy (non-hydrogen) atoms. The highest BCUT2D eigenvalue weighted by Gasteiger charge is 2.38. The lowest BCUT2D eigenvalue weighted by molar-refractivity contribution is -0.240. The Labute approximate surface area is 173 Å². The predicted octanol–water partition coefficient (Wildman–Crippen LogP) is 3.36. The van der Waals surface area contributed by atoms with Crippen LogP contribution < -0.4 is 4.74 Å². The maximum atomic E-state index is 13.2. The highest BCUT2D eigenvalue weighted by molar-refractivity contribution is 5.88. The normalized spacial score (nSPS) is 24.4. The number of benzene rings is 3. The van der Waals surface area contributed by atoms with Crippen LogP contribution >= 0.6 is 0 Å². The summed E-state index contributed by atoms with van der Waals surface area (Å²) in [6.07, 6.45) is -0.235. The third-order valence-corrected chi connectivity index (χ3v) is 5.15. The number of hydrogen-bond acceptors (Lipinski definition) is 5. The van der Waals surface area contributed by atoms with E-state index in [1.807, 2.05) is 48.6 Å². The minimum atomic E-state index is -1.24. The molecule has 3 unspecified atom stereocenters. The molecule has 0 spiro atoms. The summed E-state index contributed by atoms with van der Waals surface area (Å²) in [7, 11) is 0. The summed E-state index contributed by atoms with van der Waals surface area (Å²) in [6, 6.07) is 17.7. The number of aliphatic hydroxyl groups excluding tert-OH is 3. The summed E-state index contributed by atoms with van der Waals surface area (Å²) >= 11 is 0. The summed E-state index contributed by atoms with van der Waals surface area (Å²) in [6.45, 7) is -0.279. The molecule has 0 bridgehead atoms. The molecule has 0 radical (unpaired) electrons. The molecule has 1 aliphatic rings. The largest absolute Gasteiger partial charge is 0.461 e. The lowest BCUT2D eigenvalue weighted by Crippen LogP contribution is -2.51. The van der Waals surface area contributed by atoms with Crippen molar-refractivity contribution in [1.29, 1.82) is 0 Å². The molecule has 3 N–H and O–H groups in total. The van der Waals surface area contributed by atoms with Gasteiger partial charge in [0, 0.05) is 12.0 Å². The van der Waals surface area contributed by atoms with Gasteiger partial charge in [0.1, 0.15) is 17.7 Å². The van der Waals surface area contributed by atoms with Crippen LogP contribution in [0.25, 0.3) is 22.9 Å². The van der Waals surface area contributed by atoms with Crippen molar-refractivity contribution < 1.29 is 29.2 Å². The van der Waals surface area contributed by atoms with E-state index in [9.17, 15) is 19.7 Å². The molecule has 0 aliphatic carbocycles. The SMILES string of the molecule is OCC1CC(O)[C@@H](O)C(Oc2cc3ccccc3cc2/C=C/c2ccc(F)cc2)O1. The highest BCUT2D eigenvalue weighted by Crippen LogP contribution is 2.31. The Bertz CT molecular complexity index is 1030. The third kappa shape index (κ3) is 4.52. The van der Waals surface area contributed by atoms with Gasteiger partial charge in [-0.3, -0.25) is 0 Å². The quantitative estimate of drug-likeness (QED) is 0.562. The molecule has 1 aliphatic heterocycles. The van der Waals surface area contributed by atoms with E-state index in [0.29, 0.717) is 5.75 Å². The van der Waals surface area contributed by atoms with E-state index in [0.717, 1.165) is 21.9 Å². The van der Waals surface area contributed by atoms with Crippen LogP contribution in [0.5, 0.6) is 5.75 Å². The van der Waals surface area contributed by atoms with Gasteiger partial charge < -0.3 is 24.8 Å². The average Bonchev–Trinajstić information content (AvgIpc) is 2.76. The van der Waals surface area contributed by atoms with Gasteiger partial charge in [-0.1, -0.05) is 48.6 Å². The van der Waals surface area contributed by atoms with Gasteiger partial charge in [0.15, 0.2) is 0 Å². The number of rotatable bonds is 5. The van der Waals surface area contributed by atoms with Gasteiger partial charge in [-0.25, -0.2) is 4.39 Å². The first-order valence-electron chi connectivity index (χ1n) is 9.79. The Morgan fingerprint density at radius 3 is 2.40 bits per heavy atom. The molecule has 1 saturated heterocycles. The van der Waals surface area contributed by atoms with E-state index >= 15 is 0 Å². The van der Waals surface area contributed by atoms with Crippen molar-refractivity contribution in [2.24, 2.45) is 0 Å². The molecule has 0 aromatic heterocycles. The average molecular weight is 410 g/mol. The van der Waals surface area contributed by atoms with Crippen molar-refractivity contribution >= 4 is 22.9 Å². The molecule has 5 nitrogen and oxygen atoms in total. The van der Waals surface area contributed by atoms with Crippen LogP contribution in [0.15, 0.2) is 60.7 Å². The van der Waals surface area contributed by atoms with Gasteiger partial charge >= 0.3 is 0 Å². The van der Waals surface area contributed by atoms with E-state index in [-0.39, 0.29) is 18.8 Å². The van der Waals surface area contributed by atoms with Crippen molar-refractivity contribution in [1.82, 2.24) is 0 Å². The van der Waals surface area contributed by atoms with Crippen molar-refractivity contribution in [2.45, 2.75) is 31.0 Å². The Morgan fingerprint density at radius 1 is 1.00 bits per heavy atom. The first-order valence-corrected chi connectivity index (χ1v) is 9.79. The van der Waals surface area contributed by atoms with Crippen LogP contribution in [-0.2, 0) is 4.74 Å². The smallest absolute Gasteiger partial charge is 0.229 e. The fourth-order valence-electron chi connectivity index (χ4n) is 3.49. The number of fused-ring (bicyclic) bond motifs is 1. The second-order valence-corrected chi connectivity index (χ2v) is 7.34. The monoisotopic (exact) mass is 410 g/mol. The Morgan fingerprint density at radius 2 is 1.70 bits per heavy atom. The molecule has 6 heteroatoms. The van der Waals surface area contributed by atoms with Crippen LogP contribution in [-0.4, -0.2) is 46.5 Å². The van der Waals surface area contributed by atoms with E-state index in [1.54, 1.807) is 12.1 Å². The topological polar surface area (TPSA) is 79.2 Å². The first-order chi connectivity index (χ1) is 14.5. The summed E-state index contributed by atoms with van der Waals surface area (Å²) in [5, 5.41) is 31.7. The maximum Gasteiger partial charge on any atom is 0.229 e. The van der Waals surface area contributed by atoms with Gasteiger partial charge in [0.2, 0.25) is 6.29 Å². The molecule has 0 amide bonds. The number of aliphatic hydroxyl groups is 3. The molecule has 3 aromatic rings. The number of ether oxygens (including phenoxy) is 2. The van der Waals surface area contributed by atoms with Crippen molar-refractivity contribution in [3.05, 3.63) is 77.6 Å². The Hall–Kier alpha value is -2.77. The summed E-state index contributed by atoms with van der Waals surface area (Å²) < 4.78 is 24.7. The zero-order valence-corrected chi connectivity index (χ0v) is 16.2. The fourth-order valence-corrected chi connectivity index (χ4v) is 3.49.